The molecule has 0 aromatic heterocycles. The van der Waals surface area contributed by atoms with E-state index in [1.54, 1.807) is 30.3 Å². The van der Waals surface area contributed by atoms with Crippen molar-refractivity contribution in [1.29, 1.82) is 0 Å². The highest BCUT2D eigenvalue weighted by Crippen LogP contribution is 2.48. The molecule has 4 rings (SSSR count). The van der Waals surface area contributed by atoms with Crippen molar-refractivity contribution in [2.75, 3.05) is 11.5 Å². The van der Waals surface area contributed by atoms with Gasteiger partial charge in [-0.25, -0.2) is 0 Å². The van der Waals surface area contributed by atoms with Crippen LogP contribution < -0.4 is 17.6 Å². The van der Waals surface area contributed by atoms with E-state index >= 15 is 0 Å². The Morgan fingerprint density at radius 2 is 1.13 bits per heavy atom. The maximum Gasteiger partial charge on any atom is 0.296 e. The molecule has 0 fully saturated rings. The third-order valence-electron chi connectivity index (χ3n) is 5.05. The Morgan fingerprint density at radius 3 is 1.66 bits per heavy atom. The van der Waals surface area contributed by atoms with Crippen molar-refractivity contribution in [3.63, 3.8) is 0 Å². The largest absolute Gasteiger partial charge is 0.505 e. The number of nitrogens with zero attached hydrogens (tertiary/aromatic N) is 4. The van der Waals surface area contributed by atoms with Crippen LogP contribution in [0.2, 0.25) is 0 Å². The molecule has 0 atom stereocenters. The molecule has 10 N–H and O–H groups in total. The highest BCUT2D eigenvalue weighted by atomic mass is 32.2. The number of nitrogen functional groups attached to an aromatic ring is 2. The number of azo groups is 2. The molecule has 4 aromatic carbocycles. The van der Waals surface area contributed by atoms with Crippen LogP contribution in [0.1, 0.15) is 0 Å². The highest BCUT2D eigenvalue weighted by molar-refractivity contribution is 7.86. The molecule has 0 saturated heterocycles. The molecule has 0 spiro atoms. The quantitative estimate of drug-likeness (QED) is 0.102. The van der Waals surface area contributed by atoms with Crippen molar-refractivity contribution >= 4 is 65.1 Å². The molecule has 0 saturated carbocycles. The van der Waals surface area contributed by atoms with Crippen molar-refractivity contribution in [2.24, 2.45) is 20.5 Å². The van der Waals surface area contributed by atoms with E-state index in [0.717, 1.165) is 12.1 Å². The number of phenolic OH excluding ortho intramolecular Hbond substituents is 1. The van der Waals surface area contributed by atoms with Crippen LogP contribution in [-0.2, 0) is 20.2 Å². The van der Waals surface area contributed by atoms with Gasteiger partial charge in [0.15, 0.2) is 5.75 Å². The Bertz CT molecular complexity index is 1790. The maximum absolute atomic E-state index is 12.1. The number of fused-ring (bicyclic) bond motifs is 1. The summed E-state index contributed by atoms with van der Waals surface area (Å²) in [5.41, 5.74) is 11.1. The van der Waals surface area contributed by atoms with Gasteiger partial charge in [-0.15, -0.1) is 10.2 Å². The molecule has 0 heterocycles. The van der Waals surface area contributed by atoms with Crippen LogP contribution in [-0.4, -0.2) is 31.0 Å². The first-order valence-electron chi connectivity index (χ1n) is 10.2. The summed E-state index contributed by atoms with van der Waals surface area (Å²) in [5.74, 6) is -0.840. The second-order valence-corrected chi connectivity index (χ2v) is 10.4. The van der Waals surface area contributed by atoms with Gasteiger partial charge in [0.1, 0.15) is 21.2 Å². The maximum atomic E-state index is 12.1. The Morgan fingerprint density at radius 1 is 0.658 bits per heavy atom. The van der Waals surface area contributed by atoms with E-state index in [0.29, 0.717) is 11.4 Å². The fraction of sp³-hybridized carbons (Fsp3) is 0. The van der Waals surface area contributed by atoms with Gasteiger partial charge in [-0.3, -0.25) is 9.11 Å². The number of aromatic hydroxyl groups is 1. The molecule has 16 heteroatoms. The first-order valence-corrected chi connectivity index (χ1v) is 13.1. The molecule has 38 heavy (non-hydrogen) atoms. The van der Waals surface area contributed by atoms with Crippen LogP contribution in [0.15, 0.2) is 97.0 Å². The standard InChI is InChI=1S/C22H18N6O7S2.H3N/c23-13-6-8-15(9-7-13)26-27-20-16(36(30,31)32)10-12-11-17(37(33,34)35)21(22(29)18(12)19(20)24)28-25-14-4-2-1-3-5-14;/h1-11,29H,23-24H2,(H,30,31,32)(H,33,34,35);1H3. The van der Waals surface area contributed by atoms with Crippen molar-refractivity contribution in [3.8, 4) is 5.75 Å². The average Bonchev–Trinajstić information content (AvgIpc) is 2.82. The van der Waals surface area contributed by atoms with E-state index in [-0.39, 0.29) is 22.6 Å². The van der Waals surface area contributed by atoms with Crippen LogP contribution in [0.3, 0.4) is 0 Å². The summed E-state index contributed by atoms with van der Waals surface area (Å²) in [6.45, 7) is 0. The molecule has 0 unspecified atom stereocenters. The molecule has 0 bridgehead atoms. The summed E-state index contributed by atoms with van der Waals surface area (Å²) in [5, 5.41) is 25.8. The number of hydrogen-bond donors (Lipinski definition) is 6. The minimum Gasteiger partial charge on any atom is -0.505 e. The van der Waals surface area contributed by atoms with Crippen molar-refractivity contribution in [1.82, 2.24) is 6.15 Å². The first kappa shape index (κ1) is 28.1. The van der Waals surface area contributed by atoms with Crippen LogP contribution in [0.25, 0.3) is 10.8 Å². The van der Waals surface area contributed by atoms with Gasteiger partial charge in [0, 0.05) is 5.69 Å². The third kappa shape index (κ3) is 5.74. The predicted molar refractivity (Wildman–Crippen MR) is 140 cm³/mol. The van der Waals surface area contributed by atoms with Crippen molar-refractivity contribution < 1.29 is 31.0 Å². The Hall–Kier alpha value is -4.48. The summed E-state index contributed by atoms with van der Waals surface area (Å²) in [7, 11) is -9.96. The lowest BCUT2D eigenvalue weighted by molar-refractivity contribution is 0.472. The molecule has 0 aliphatic carbocycles. The van der Waals surface area contributed by atoms with Crippen molar-refractivity contribution in [2.45, 2.75) is 9.79 Å². The van der Waals surface area contributed by atoms with Crippen LogP contribution in [0.4, 0.5) is 34.1 Å². The average molecular weight is 560 g/mol. The van der Waals surface area contributed by atoms with Gasteiger partial charge >= 0.3 is 0 Å². The minimum absolute atomic E-state index is 0. The van der Waals surface area contributed by atoms with Gasteiger partial charge in [0.25, 0.3) is 20.2 Å². The van der Waals surface area contributed by atoms with Gasteiger partial charge in [0.2, 0.25) is 0 Å². The molecular formula is C22H21N7O7S2. The SMILES string of the molecule is N.Nc1ccc(N=Nc2c(S(=O)(=O)O)cc3cc(S(=O)(=O)O)c(N=Nc4ccccc4)c(O)c3c2N)cc1. The summed E-state index contributed by atoms with van der Waals surface area (Å²) >= 11 is 0. The van der Waals surface area contributed by atoms with Crippen LogP contribution >= 0.6 is 0 Å². The second kappa shape index (κ2) is 10.5. The first-order chi connectivity index (χ1) is 17.4. The van der Waals surface area contributed by atoms with E-state index < -0.39 is 52.8 Å². The van der Waals surface area contributed by atoms with Crippen LogP contribution in [0, 0.1) is 0 Å². The smallest absolute Gasteiger partial charge is 0.296 e. The number of rotatable bonds is 6. The zero-order valence-electron chi connectivity index (χ0n) is 19.3. The van der Waals surface area contributed by atoms with E-state index in [9.17, 15) is 31.0 Å². The molecule has 4 aromatic rings. The zero-order chi connectivity index (χ0) is 27.0. The molecule has 0 aliphatic rings. The molecular weight excluding hydrogens is 538 g/mol. The molecule has 0 aliphatic heterocycles. The normalized spacial score (nSPS) is 12.3. The predicted octanol–water partition coefficient (Wildman–Crippen LogP) is 5.20. The topological polar surface area (TPSA) is 265 Å². The van der Waals surface area contributed by atoms with Gasteiger partial charge in [-0.2, -0.15) is 27.1 Å². The summed E-state index contributed by atoms with van der Waals surface area (Å²) in [6, 6.07) is 15.8. The molecule has 198 valence electrons. The fourth-order valence-corrected chi connectivity index (χ4v) is 4.68. The van der Waals surface area contributed by atoms with Crippen molar-refractivity contribution in [3.05, 3.63) is 66.7 Å². The molecule has 0 amide bonds. The second-order valence-electron chi connectivity index (χ2n) is 7.58. The molecule has 0 radical (unpaired) electrons. The highest BCUT2D eigenvalue weighted by Gasteiger charge is 2.27. The Kier molecular flexibility index (Phi) is 7.75. The number of phenols is 1. The summed E-state index contributed by atoms with van der Waals surface area (Å²) in [6.07, 6.45) is 0. The summed E-state index contributed by atoms with van der Waals surface area (Å²) in [4.78, 5) is -1.70. The zero-order valence-corrected chi connectivity index (χ0v) is 20.9. The van der Waals surface area contributed by atoms with Gasteiger partial charge in [-0.05, 0) is 53.9 Å². The Labute approximate surface area is 216 Å². The minimum atomic E-state index is -4.99. The van der Waals surface area contributed by atoms with E-state index in [1.165, 1.54) is 24.3 Å². The number of anilines is 2. The lowest BCUT2D eigenvalue weighted by Crippen LogP contribution is -2.03. The third-order valence-corrected chi connectivity index (χ3v) is 6.78. The number of nitrogens with two attached hydrogens (primary N) is 2. The van der Waals surface area contributed by atoms with Gasteiger partial charge < -0.3 is 22.7 Å². The van der Waals surface area contributed by atoms with E-state index in [4.69, 9.17) is 11.5 Å². The van der Waals surface area contributed by atoms with Gasteiger partial charge in [0.05, 0.1) is 22.4 Å². The lowest BCUT2D eigenvalue weighted by atomic mass is 10.1. The number of hydrogen-bond acceptors (Lipinski definition) is 12. The lowest BCUT2D eigenvalue weighted by Gasteiger charge is -2.14. The van der Waals surface area contributed by atoms with E-state index in [2.05, 4.69) is 20.5 Å². The Balaban J connectivity index is 0.00000400. The molecule has 14 nitrogen and oxygen atoms in total. The van der Waals surface area contributed by atoms with E-state index in [1.807, 2.05) is 0 Å². The monoisotopic (exact) mass is 559 g/mol. The summed E-state index contributed by atoms with van der Waals surface area (Å²) < 4.78 is 67.9. The number of benzene rings is 4. The van der Waals surface area contributed by atoms with Crippen LogP contribution in [0.5, 0.6) is 5.75 Å². The van der Waals surface area contributed by atoms with Gasteiger partial charge in [-0.1, -0.05) is 18.2 Å². The fourth-order valence-electron chi connectivity index (χ4n) is 3.36.